The summed E-state index contributed by atoms with van der Waals surface area (Å²) < 4.78 is 31.5. The van der Waals surface area contributed by atoms with Crippen LogP contribution in [0.25, 0.3) is 16.9 Å². The van der Waals surface area contributed by atoms with Crippen LogP contribution >= 0.6 is 11.6 Å². The predicted octanol–water partition coefficient (Wildman–Crippen LogP) is 3.06. The Morgan fingerprint density at radius 2 is 2.17 bits per heavy atom. The van der Waals surface area contributed by atoms with Gasteiger partial charge in [0.1, 0.15) is 11.4 Å². The maximum Gasteiger partial charge on any atom is 0.387 e. The van der Waals surface area contributed by atoms with E-state index in [-0.39, 0.29) is 28.4 Å². The number of hydrogen-bond acceptors (Lipinski definition) is 7. The number of nitrogens with zero attached hydrogens (tertiary/aromatic N) is 4. The van der Waals surface area contributed by atoms with Crippen LogP contribution in [0, 0.1) is 0 Å². The Morgan fingerprint density at radius 3 is 2.97 bits per heavy atom. The summed E-state index contributed by atoms with van der Waals surface area (Å²) in [6.45, 7) is -3.03. The van der Waals surface area contributed by atoms with E-state index in [9.17, 15) is 13.9 Å². The molecule has 0 spiro atoms. The van der Waals surface area contributed by atoms with E-state index in [1.54, 1.807) is 12.3 Å². The summed E-state index contributed by atoms with van der Waals surface area (Å²) in [5.41, 5.74) is 7.25. The Bertz CT molecular complexity index is 1160. The first-order valence-corrected chi connectivity index (χ1v) is 8.63. The molecule has 0 aliphatic rings. The van der Waals surface area contributed by atoms with Crippen LogP contribution in [0.5, 0.6) is 5.75 Å². The van der Waals surface area contributed by atoms with E-state index in [1.807, 2.05) is 0 Å². The fourth-order valence-corrected chi connectivity index (χ4v) is 3.07. The third-order valence-corrected chi connectivity index (χ3v) is 4.31. The van der Waals surface area contributed by atoms with Crippen molar-refractivity contribution < 1.29 is 18.6 Å². The first kappa shape index (κ1) is 18.9. The first-order valence-electron chi connectivity index (χ1n) is 8.26. The van der Waals surface area contributed by atoms with Crippen LogP contribution in [0.2, 0.25) is 5.02 Å². The Hall–Kier alpha value is -3.44. The number of nitrogens with two attached hydrogens (primary N) is 1. The maximum absolute atomic E-state index is 12.8. The number of alkyl halides is 2. The first-order chi connectivity index (χ1) is 13.9. The molecule has 4 aromatic rings. The van der Waals surface area contributed by atoms with Gasteiger partial charge in [0.2, 0.25) is 0 Å². The van der Waals surface area contributed by atoms with Crippen molar-refractivity contribution in [2.75, 3.05) is 11.1 Å². The fourth-order valence-electron chi connectivity index (χ4n) is 2.89. The summed E-state index contributed by atoms with van der Waals surface area (Å²) in [6.07, 6.45) is 3.31. The van der Waals surface area contributed by atoms with E-state index in [0.29, 0.717) is 16.4 Å². The van der Waals surface area contributed by atoms with Crippen LogP contribution in [0.4, 0.5) is 20.3 Å². The number of aliphatic hydroxyl groups is 1. The van der Waals surface area contributed by atoms with Crippen molar-refractivity contribution in [3.8, 4) is 17.0 Å². The fraction of sp³-hybridized carbons (Fsp3) is 0.118. The minimum atomic E-state index is -3.03. The van der Waals surface area contributed by atoms with Gasteiger partial charge in [-0.05, 0) is 24.3 Å². The van der Waals surface area contributed by atoms with Crippen LogP contribution in [-0.4, -0.2) is 36.5 Å². The zero-order valence-electron chi connectivity index (χ0n) is 14.6. The number of halogens is 3. The zero-order valence-corrected chi connectivity index (χ0v) is 15.3. The third-order valence-electron chi connectivity index (χ3n) is 4.08. The standard InChI is InChI=1S/C17H14ClF2N7O2/c18-8-2-3-11(29-17(19)20)9(6-8)13-10(7-23-25-13)24-16(28)12-14(21)26-27-5-1-4-22-15(12)27/h1-7,16-17,24,28H,(H2,21,26)(H,23,25). The third kappa shape index (κ3) is 3.65. The molecule has 29 heavy (non-hydrogen) atoms. The number of aromatic amines is 1. The van der Waals surface area contributed by atoms with Gasteiger partial charge in [0.15, 0.2) is 17.7 Å². The van der Waals surface area contributed by atoms with Gasteiger partial charge < -0.3 is 20.9 Å². The largest absolute Gasteiger partial charge is 0.434 e. The molecule has 0 saturated carbocycles. The normalized spacial score (nSPS) is 12.4. The summed E-state index contributed by atoms with van der Waals surface area (Å²) >= 11 is 6.01. The van der Waals surface area contributed by atoms with Crippen LogP contribution in [0.15, 0.2) is 42.9 Å². The molecule has 0 radical (unpaired) electrons. The van der Waals surface area contributed by atoms with Crippen molar-refractivity contribution in [1.82, 2.24) is 24.8 Å². The molecule has 1 aromatic carbocycles. The van der Waals surface area contributed by atoms with Gasteiger partial charge in [-0.15, -0.1) is 5.10 Å². The van der Waals surface area contributed by atoms with E-state index in [4.69, 9.17) is 17.3 Å². The molecule has 3 aromatic heterocycles. The van der Waals surface area contributed by atoms with Gasteiger partial charge in [0.05, 0.1) is 11.3 Å². The number of aromatic nitrogens is 5. The van der Waals surface area contributed by atoms with Crippen LogP contribution in [0.3, 0.4) is 0 Å². The average molecular weight is 422 g/mol. The van der Waals surface area contributed by atoms with Crippen molar-refractivity contribution in [3.05, 3.63) is 53.4 Å². The molecule has 9 nitrogen and oxygen atoms in total. The van der Waals surface area contributed by atoms with E-state index < -0.39 is 12.8 Å². The molecule has 0 fully saturated rings. The molecule has 0 aliphatic heterocycles. The molecule has 0 amide bonds. The molecule has 4 rings (SSSR count). The number of nitrogens with one attached hydrogen (secondary N) is 2. The number of hydrogen-bond donors (Lipinski definition) is 4. The molecule has 3 heterocycles. The summed E-state index contributed by atoms with van der Waals surface area (Å²) in [7, 11) is 0. The summed E-state index contributed by atoms with van der Waals surface area (Å²) in [5.74, 6) is -0.0376. The number of nitrogen functional groups attached to an aromatic ring is 1. The number of ether oxygens (including phenoxy) is 1. The van der Waals surface area contributed by atoms with Crippen molar-refractivity contribution in [2.24, 2.45) is 0 Å². The van der Waals surface area contributed by atoms with Crippen molar-refractivity contribution in [2.45, 2.75) is 12.8 Å². The lowest BCUT2D eigenvalue weighted by Crippen LogP contribution is -2.12. The average Bonchev–Trinajstić information content (AvgIpc) is 3.25. The lowest BCUT2D eigenvalue weighted by Gasteiger charge is -2.15. The Labute approximate surface area is 167 Å². The molecular formula is C17H14ClF2N7O2. The smallest absolute Gasteiger partial charge is 0.387 e. The molecule has 5 N–H and O–H groups in total. The summed E-state index contributed by atoms with van der Waals surface area (Å²) in [5, 5.41) is 24.6. The number of aliphatic hydroxyl groups excluding tert-OH is 1. The maximum atomic E-state index is 12.8. The topological polar surface area (TPSA) is 126 Å². The van der Waals surface area contributed by atoms with E-state index in [0.717, 1.165) is 0 Å². The van der Waals surface area contributed by atoms with Crippen molar-refractivity contribution in [1.29, 1.82) is 0 Å². The molecule has 1 atom stereocenters. The summed E-state index contributed by atoms with van der Waals surface area (Å²) in [4.78, 5) is 4.17. The van der Waals surface area contributed by atoms with Crippen LogP contribution < -0.4 is 15.8 Å². The van der Waals surface area contributed by atoms with E-state index in [1.165, 1.54) is 35.1 Å². The second-order valence-corrected chi connectivity index (χ2v) is 6.34. The highest BCUT2D eigenvalue weighted by molar-refractivity contribution is 6.31. The van der Waals surface area contributed by atoms with Crippen LogP contribution in [0.1, 0.15) is 11.8 Å². The van der Waals surface area contributed by atoms with Crippen molar-refractivity contribution >= 4 is 28.8 Å². The molecule has 1 unspecified atom stereocenters. The number of rotatable bonds is 6. The second kappa shape index (κ2) is 7.53. The van der Waals surface area contributed by atoms with Gasteiger partial charge >= 0.3 is 6.61 Å². The molecule has 0 saturated heterocycles. The Kier molecular flexibility index (Phi) is 4.91. The number of anilines is 2. The van der Waals surface area contributed by atoms with E-state index >= 15 is 0 Å². The highest BCUT2D eigenvalue weighted by Crippen LogP contribution is 2.37. The van der Waals surface area contributed by atoms with Gasteiger partial charge in [-0.2, -0.15) is 13.9 Å². The van der Waals surface area contributed by atoms with Gasteiger partial charge in [0.25, 0.3) is 0 Å². The lowest BCUT2D eigenvalue weighted by atomic mass is 10.1. The quantitative estimate of drug-likeness (QED) is 0.352. The predicted molar refractivity (Wildman–Crippen MR) is 102 cm³/mol. The minimum Gasteiger partial charge on any atom is -0.434 e. The lowest BCUT2D eigenvalue weighted by molar-refractivity contribution is -0.0494. The zero-order chi connectivity index (χ0) is 20.5. The highest BCUT2D eigenvalue weighted by Gasteiger charge is 2.23. The van der Waals surface area contributed by atoms with Gasteiger partial charge in [-0.1, -0.05) is 11.6 Å². The van der Waals surface area contributed by atoms with Gasteiger partial charge in [-0.25, -0.2) is 9.50 Å². The van der Waals surface area contributed by atoms with Crippen LogP contribution in [-0.2, 0) is 0 Å². The van der Waals surface area contributed by atoms with Gasteiger partial charge in [-0.3, -0.25) is 5.10 Å². The molecule has 12 heteroatoms. The monoisotopic (exact) mass is 421 g/mol. The molecule has 150 valence electrons. The SMILES string of the molecule is Nc1nn2cccnc2c1C(O)Nc1c[nH]nc1-c1cc(Cl)ccc1OC(F)F. The minimum absolute atomic E-state index is 0.0817. The summed E-state index contributed by atoms with van der Waals surface area (Å²) in [6, 6.07) is 5.83. The number of fused-ring (bicyclic) bond motifs is 1. The highest BCUT2D eigenvalue weighted by atomic mass is 35.5. The number of benzene rings is 1. The van der Waals surface area contributed by atoms with Gasteiger partial charge in [0, 0.05) is 29.2 Å². The molecular weight excluding hydrogens is 408 g/mol. The molecule has 0 bridgehead atoms. The second-order valence-electron chi connectivity index (χ2n) is 5.90. The van der Waals surface area contributed by atoms with E-state index in [2.05, 4.69) is 30.3 Å². The Morgan fingerprint density at radius 1 is 1.34 bits per heavy atom. The Balaban J connectivity index is 1.70. The number of H-pyrrole nitrogens is 1. The van der Waals surface area contributed by atoms with Crippen molar-refractivity contribution in [3.63, 3.8) is 0 Å². The molecule has 0 aliphatic carbocycles.